The third-order valence-electron chi connectivity index (χ3n) is 6.25. The number of para-hydroxylation sites is 1. The summed E-state index contributed by atoms with van der Waals surface area (Å²) in [6.45, 7) is 4.49. The maximum Gasteiger partial charge on any atom is 0.254 e. The summed E-state index contributed by atoms with van der Waals surface area (Å²) < 4.78 is 13.5. The SMILES string of the molecule is CC(C)N(CC(=O)N(CCc1c[nH]c2ccccc12)Cc1ccc(F)cc1)C(=O)c1ccc(Cl)cc1. The van der Waals surface area contributed by atoms with Gasteiger partial charge in [0.15, 0.2) is 0 Å². The molecule has 0 saturated heterocycles. The molecule has 0 radical (unpaired) electrons. The zero-order chi connectivity index (χ0) is 25.7. The van der Waals surface area contributed by atoms with Gasteiger partial charge < -0.3 is 14.8 Å². The first kappa shape index (κ1) is 25.5. The van der Waals surface area contributed by atoms with Crippen LogP contribution < -0.4 is 0 Å². The highest BCUT2D eigenvalue weighted by atomic mass is 35.5. The number of halogens is 2. The van der Waals surface area contributed by atoms with Crippen molar-refractivity contribution in [2.75, 3.05) is 13.1 Å². The average molecular weight is 506 g/mol. The molecule has 2 amide bonds. The van der Waals surface area contributed by atoms with Crippen LogP contribution in [0.2, 0.25) is 5.02 Å². The van der Waals surface area contributed by atoms with E-state index in [2.05, 4.69) is 11.1 Å². The highest BCUT2D eigenvalue weighted by Gasteiger charge is 2.25. The van der Waals surface area contributed by atoms with Gasteiger partial charge in [0, 0.05) is 46.8 Å². The molecule has 4 aromatic rings. The molecule has 0 spiro atoms. The molecule has 0 bridgehead atoms. The van der Waals surface area contributed by atoms with Crippen LogP contribution in [0.3, 0.4) is 0 Å². The molecule has 186 valence electrons. The first-order chi connectivity index (χ1) is 17.3. The Kier molecular flexibility index (Phi) is 8.06. The number of rotatable bonds is 9. The Morgan fingerprint density at radius 1 is 0.972 bits per heavy atom. The lowest BCUT2D eigenvalue weighted by Gasteiger charge is -2.30. The minimum Gasteiger partial charge on any atom is -0.361 e. The van der Waals surface area contributed by atoms with E-state index in [1.807, 2.05) is 38.2 Å². The number of hydrogen-bond donors (Lipinski definition) is 1. The van der Waals surface area contributed by atoms with Gasteiger partial charge in [0.05, 0.1) is 0 Å². The largest absolute Gasteiger partial charge is 0.361 e. The van der Waals surface area contributed by atoms with Crippen molar-refractivity contribution >= 4 is 34.3 Å². The quantitative estimate of drug-likeness (QED) is 0.299. The van der Waals surface area contributed by atoms with Crippen LogP contribution in [0.15, 0.2) is 79.0 Å². The zero-order valence-corrected chi connectivity index (χ0v) is 21.1. The molecule has 0 aliphatic heterocycles. The molecule has 1 N–H and O–H groups in total. The summed E-state index contributed by atoms with van der Waals surface area (Å²) in [6.07, 6.45) is 2.61. The van der Waals surface area contributed by atoms with Gasteiger partial charge in [-0.05, 0) is 73.9 Å². The van der Waals surface area contributed by atoms with Gasteiger partial charge in [-0.25, -0.2) is 4.39 Å². The third kappa shape index (κ3) is 6.13. The Bertz CT molecular complexity index is 1330. The second-order valence-electron chi connectivity index (χ2n) is 9.08. The Morgan fingerprint density at radius 2 is 1.67 bits per heavy atom. The summed E-state index contributed by atoms with van der Waals surface area (Å²) in [5, 5.41) is 1.66. The van der Waals surface area contributed by atoms with Crippen LogP contribution in [-0.2, 0) is 17.8 Å². The van der Waals surface area contributed by atoms with Gasteiger partial charge in [0.1, 0.15) is 12.4 Å². The van der Waals surface area contributed by atoms with Crippen molar-refractivity contribution in [2.24, 2.45) is 0 Å². The van der Waals surface area contributed by atoms with Gasteiger partial charge in [-0.15, -0.1) is 0 Å². The molecule has 0 atom stereocenters. The number of carbonyl (C=O) groups is 2. The fraction of sp³-hybridized carbons (Fsp3) is 0.241. The monoisotopic (exact) mass is 505 g/mol. The minimum atomic E-state index is -0.324. The maximum absolute atomic E-state index is 13.6. The maximum atomic E-state index is 13.6. The number of aromatic nitrogens is 1. The predicted molar refractivity (Wildman–Crippen MR) is 141 cm³/mol. The van der Waals surface area contributed by atoms with Crippen LogP contribution in [0, 0.1) is 5.82 Å². The summed E-state index contributed by atoms with van der Waals surface area (Å²) in [4.78, 5) is 33.4. The Hall–Kier alpha value is -3.64. The number of carbonyl (C=O) groups excluding carboxylic acids is 2. The lowest BCUT2D eigenvalue weighted by Crippen LogP contribution is -2.46. The molecule has 0 aliphatic carbocycles. The Labute approximate surface area is 215 Å². The number of hydrogen-bond acceptors (Lipinski definition) is 2. The first-order valence-corrected chi connectivity index (χ1v) is 12.3. The normalized spacial score (nSPS) is 11.1. The van der Waals surface area contributed by atoms with E-state index >= 15 is 0 Å². The van der Waals surface area contributed by atoms with E-state index in [-0.39, 0.29) is 30.2 Å². The van der Waals surface area contributed by atoms with Crippen molar-refractivity contribution in [3.05, 3.63) is 107 Å². The number of nitrogens with zero attached hydrogens (tertiary/aromatic N) is 2. The average Bonchev–Trinajstić information content (AvgIpc) is 3.29. The van der Waals surface area contributed by atoms with Crippen LogP contribution in [0.1, 0.15) is 35.3 Å². The van der Waals surface area contributed by atoms with Crippen molar-refractivity contribution in [1.29, 1.82) is 0 Å². The van der Waals surface area contributed by atoms with Crippen LogP contribution in [0.25, 0.3) is 10.9 Å². The fourth-order valence-corrected chi connectivity index (χ4v) is 4.31. The molecule has 0 fully saturated rings. The van der Waals surface area contributed by atoms with Crippen LogP contribution in [0.4, 0.5) is 4.39 Å². The van der Waals surface area contributed by atoms with Crippen LogP contribution in [0.5, 0.6) is 0 Å². The Morgan fingerprint density at radius 3 is 2.36 bits per heavy atom. The van der Waals surface area contributed by atoms with E-state index in [1.165, 1.54) is 12.1 Å². The van der Waals surface area contributed by atoms with E-state index in [0.29, 0.717) is 30.1 Å². The van der Waals surface area contributed by atoms with Crippen molar-refractivity contribution in [1.82, 2.24) is 14.8 Å². The van der Waals surface area contributed by atoms with Gasteiger partial charge in [0.25, 0.3) is 5.91 Å². The molecule has 0 saturated carbocycles. The van der Waals surface area contributed by atoms with Crippen molar-refractivity contribution in [3.63, 3.8) is 0 Å². The van der Waals surface area contributed by atoms with Crippen LogP contribution >= 0.6 is 11.6 Å². The first-order valence-electron chi connectivity index (χ1n) is 12.0. The number of nitrogens with one attached hydrogen (secondary N) is 1. The molecular weight excluding hydrogens is 477 g/mol. The lowest BCUT2D eigenvalue weighted by atomic mass is 10.1. The molecule has 1 aromatic heterocycles. The van der Waals surface area contributed by atoms with Gasteiger partial charge in [0.2, 0.25) is 5.91 Å². The zero-order valence-electron chi connectivity index (χ0n) is 20.4. The molecule has 4 rings (SSSR count). The molecule has 1 heterocycles. The smallest absolute Gasteiger partial charge is 0.254 e. The van der Waals surface area contributed by atoms with Crippen LogP contribution in [-0.4, -0.2) is 45.7 Å². The lowest BCUT2D eigenvalue weighted by molar-refractivity contribution is -0.132. The van der Waals surface area contributed by atoms with E-state index in [9.17, 15) is 14.0 Å². The highest BCUT2D eigenvalue weighted by Crippen LogP contribution is 2.20. The third-order valence-corrected chi connectivity index (χ3v) is 6.50. The van der Waals surface area contributed by atoms with Gasteiger partial charge >= 0.3 is 0 Å². The van der Waals surface area contributed by atoms with E-state index < -0.39 is 0 Å². The molecule has 3 aromatic carbocycles. The van der Waals surface area contributed by atoms with Crippen molar-refractivity contribution in [3.8, 4) is 0 Å². The van der Waals surface area contributed by atoms with Crippen molar-refractivity contribution in [2.45, 2.75) is 32.9 Å². The van der Waals surface area contributed by atoms with Gasteiger partial charge in [-0.2, -0.15) is 0 Å². The van der Waals surface area contributed by atoms with Crippen molar-refractivity contribution < 1.29 is 14.0 Å². The fourth-order valence-electron chi connectivity index (χ4n) is 4.19. The molecular formula is C29H29ClFN3O2. The molecule has 0 aliphatic rings. The second-order valence-corrected chi connectivity index (χ2v) is 9.52. The Balaban J connectivity index is 1.54. The standard InChI is InChI=1S/C29H29ClFN3O2/c1-20(2)34(29(36)22-9-11-24(30)12-10-22)19-28(35)33(18-21-7-13-25(31)14-8-21)16-15-23-17-32-27-6-4-3-5-26(23)27/h3-14,17,20,32H,15-16,18-19H2,1-2H3. The predicted octanol–water partition coefficient (Wildman–Crippen LogP) is 6.08. The highest BCUT2D eigenvalue weighted by molar-refractivity contribution is 6.30. The summed E-state index contributed by atoms with van der Waals surface area (Å²) in [5.41, 5.74) is 3.46. The van der Waals surface area contributed by atoms with Gasteiger partial charge in [-0.1, -0.05) is 41.9 Å². The molecule has 36 heavy (non-hydrogen) atoms. The topological polar surface area (TPSA) is 56.4 Å². The van der Waals surface area contributed by atoms with E-state index in [1.54, 1.807) is 46.2 Å². The number of fused-ring (bicyclic) bond motifs is 1. The molecule has 7 heteroatoms. The van der Waals surface area contributed by atoms with E-state index in [0.717, 1.165) is 22.0 Å². The van der Waals surface area contributed by atoms with E-state index in [4.69, 9.17) is 11.6 Å². The number of benzene rings is 3. The summed E-state index contributed by atoms with van der Waals surface area (Å²) in [7, 11) is 0. The molecule has 0 unspecified atom stereocenters. The summed E-state index contributed by atoms with van der Waals surface area (Å²) in [5.74, 6) is -0.724. The number of H-pyrrole nitrogens is 1. The molecule has 5 nitrogen and oxygen atoms in total. The second kappa shape index (κ2) is 11.4. The minimum absolute atomic E-state index is 0.0613. The van der Waals surface area contributed by atoms with Gasteiger partial charge in [-0.3, -0.25) is 9.59 Å². The summed E-state index contributed by atoms with van der Waals surface area (Å²) >= 11 is 5.97. The summed E-state index contributed by atoms with van der Waals surface area (Å²) in [6, 6.07) is 20.7. The number of amides is 2. The number of aromatic amines is 1.